The van der Waals surface area contributed by atoms with Crippen LogP contribution in [0.1, 0.15) is 78.9 Å². The van der Waals surface area contributed by atoms with E-state index in [1.807, 2.05) is 18.2 Å². The number of aromatic hydroxyl groups is 1. The van der Waals surface area contributed by atoms with Crippen molar-refractivity contribution >= 4 is 5.91 Å². The van der Waals surface area contributed by atoms with Crippen LogP contribution in [0.3, 0.4) is 0 Å². The lowest BCUT2D eigenvalue weighted by Crippen LogP contribution is -2.25. The number of hydrogen-bond acceptors (Lipinski definition) is 4. The molecule has 2 atom stereocenters. The molecule has 5 heteroatoms. The van der Waals surface area contributed by atoms with E-state index < -0.39 is 0 Å². The van der Waals surface area contributed by atoms with Gasteiger partial charge in [0.05, 0.1) is 5.56 Å². The summed E-state index contributed by atoms with van der Waals surface area (Å²) in [6.07, 6.45) is 11.5. The predicted octanol–water partition coefficient (Wildman–Crippen LogP) is 5.84. The number of pyridine rings is 1. The average Bonchev–Trinajstić information content (AvgIpc) is 2.95. The molecule has 0 unspecified atom stereocenters. The summed E-state index contributed by atoms with van der Waals surface area (Å²) in [5, 5.41) is 14.6. The van der Waals surface area contributed by atoms with Crippen LogP contribution in [0, 0.1) is 5.92 Å². The Morgan fingerprint density at radius 3 is 2.97 bits per heavy atom. The van der Waals surface area contributed by atoms with E-state index in [4.69, 9.17) is 4.74 Å². The number of phenols is 1. The highest BCUT2D eigenvalue weighted by Crippen LogP contribution is 2.50. The number of nitrogens with zero attached hydrogens (tertiary/aromatic N) is 1. The van der Waals surface area contributed by atoms with Crippen molar-refractivity contribution < 1.29 is 14.6 Å². The highest BCUT2D eigenvalue weighted by Gasteiger charge is 2.36. The Kier molecular flexibility index (Phi) is 7.17. The van der Waals surface area contributed by atoms with Crippen LogP contribution in [-0.4, -0.2) is 22.6 Å². The fourth-order valence-electron chi connectivity index (χ4n) is 5.03. The van der Waals surface area contributed by atoms with Gasteiger partial charge in [-0.25, -0.2) is 0 Å². The van der Waals surface area contributed by atoms with Crippen molar-refractivity contribution in [1.29, 1.82) is 0 Å². The van der Waals surface area contributed by atoms with Crippen LogP contribution in [0.4, 0.5) is 0 Å². The number of hydrogen-bond donors (Lipinski definition) is 2. The second-order valence-corrected chi connectivity index (χ2v) is 9.30. The number of unbranched alkanes of at least 4 members (excludes halogenated alkanes) is 2. The van der Waals surface area contributed by atoms with Gasteiger partial charge in [0.1, 0.15) is 18.1 Å². The van der Waals surface area contributed by atoms with Crippen LogP contribution in [0.15, 0.2) is 54.4 Å². The lowest BCUT2D eigenvalue weighted by Gasteiger charge is -2.30. The normalized spacial score (nSPS) is 19.6. The molecule has 0 saturated heterocycles. The third-order valence-electron chi connectivity index (χ3n) is 6.85. The van der Waals surface area contributed by atoms with Gasteiger partial charge in [-0.1, -0.05) is 44.1 Å². The fraction of sp³-hybridized carbons (Fsp3) is 0.429. The summed E-state index contributed by atoms with van der Waals surface area (Å²) in [6.45, 7) is 9.36. The predicted molar refractivity (Wildman–Crippen MR) is 131 cm³/mol. The summed E-state index contributed by atoms with van der Waals surface area (Å²) < 4.78 is 6.15. The van der Waals surface area contributed by atoms with E-state index in [0.29, 0.717) is 24.5 Å². The van der Waals surface area contributed by atoms with E-state index in [-0.39, 0.29) is 23.5 Å². The molecule has 2 aliphatic rings. The second kappa shape index (κ2) is 10.2. The summed E-state index contributed by atoms with van der Waals surface area (Å²) in [5.41, 5.74) is 5.20. The number of carbonyl (C=O) groups is 1. The zero-order valence-corrected chi connectivity index (χ0v) is 19.7. The quantitative estimate of drug-likeness (QED) is 0.414. The Balaban J connectivity index is 1.75. The van der Waals surface area contributed by atoms with Crippen molar-refractivity contribution in [2.75, 3.05) is 6.61 Å². The summed E-state index contributed by atoms with van der Waals surface area (Å²) in [6, 6.07) is 5.75. The first-order valence-electron chi connectivity index (χ1n) is 12.0. The first kappa shape index (κ1) is 23.1. The van der Waals surface area contributed by atoms with Crippen LogP contribution in [0.5, 0.6) is 11.5 Å². The van der Waals surface area contributed by atoms with Crippen molar-refractivity contribution in [3.05, 3.63) is 76.6 Å². The molecule has 33 heavy (non-hydrogen) atoms. The molecular weight excluding hydrogens is 412 g/mol. The largest absolute Gasteiger partial charge is 0.507 e. The number of nitrogens with one attached hydrogen (secondary N) is 1. The minimum absolute atomic E-state index is 0.0293. The molecule has 0 spiro atoms. The fourth-order valence-corrected chi connectivity index (χ4v) is 5.03. The molecule has 1 aliphatic heterocycles. The molecule has 1 aromatic carbocycles. The van der Waals surface area contributed by atoms with Crippen LogP contribution < -0.4 is 10.1 Å². The number of aromatic nitrogens is 1. The number of ether oxygens (including phenoxy) is 1. The SMILES string of the molecule is C=C1COc2cc(CCCCC)c(C(=O)NCc3cccnc3)c(O)c2[C@@H]2C=C(C)CC[C@@H]12. The van der Waals surface area contributed by atoms with Gasteiger partial charge >= 0.3 is 0 Å². The van der Waals surface area contributed by atoms with Gasteiger partial charge in [0.25, 0.3) is 5.91 Å². The van der Waals surface area contributed by atoms with Gasteiger partial charge < -0.3 is 15.2 Å². The topological polar surface area (TPSA) is 71.5 Å². The number of allylic oxidation sites excluding steroid dienone is 2. The maximum atomic E-state index is 13.4. The number of amides is 1. The zero-order valence-electron chi connectivity index (χ0n) is 19.7. The van der Waals surface area contributed by atoms with E-state index in [9.17, 15) is 9.90 Å². The van der Waals surface area contributed by atoms with Crippen molar-refractivity contribution in [2.45, 2.75) is 64.8 Å². The average molecular weight is 447 g/mol. The monoisotopic (exact) mass is 446 g/mol. The Morgan fingerprint density at radius 1 is 1.36 bits per heavy atom. The lowest BCUT2D eigenvalue weighted by molar-refractivity contribution is 0.0947. The van der Waals surface area contributed by atoms with Crippen molar-refractivity contribution in [3.8, 4) is 11.5 Å². The molecule has 4 rings (SSSR count). The van der Waals surface area contributed by atoms with Crippen LogP contribution in [0.25, 0.3) is 0 Å². The smallest absolute Gasteiger partial charge is 0.255 e. The van der Waals surface area contributed by atoms with Crippen LogP contribution in [0.2, 0.25) is 0 Å². The molecule has 1 aromatic heterocycles. The maximum Gasteiger partial charge on any atom is 0.255 e. The van der Waals surface area contributed by atoms with Crippen molar-refractivity contribution in [3.63, 3.8) is 0 Å². The lowest BCUT2D eigenvalue weighted by atomic mass is 9.73. The molecule has 2 N–H and O–H groups in total. The van der Waals surface area contributed by atoms with E-state index >= 15 is 0 Å². The number of benzene rings is 1. The van der Waals surface area contributed by atoms with Crippen LogP contribution in [-0.2, 0) is 13.0 Å². The van der Waals surface area contributed by atoms with Gasteiger partial charge in [0, 0.05) is 30.4 Å². The van der Waals surface area contributed by atoms with Gasteiger partial charge in [-0.2, -0.15) is 0 Å². The van der Waals surface area contributed by atoms with Crippen molar-refractivity contribution in [2.24, 2.45) is 5.92 Å². The van der Waals surface area contributed by atoms with E-state index in [2.05, 4.69) is 36.8 Å². The Morgan fingerprint density at radius 2 is 2.21 bits per heavy atom. The number of phenolic OH excluding ortho intramolecular Hbond substituents is 1. The Bertz CT molecular complexity index is 1060. The minimum Gasteiger partial charge on any atom is -0.507 e. The van der Waals surface area contributed by atoms with E-state index in [1.54, 1.807) is 12.4 Å². The molecule has 1 amide bonds. The summed E-state index contributed by atoms with van der Waals surface area (Å²) in [5.74, 6) is 0.652. The maximum absolute atomic E-state index is 13.4. The highest BCUT2D eigenvalue weighted by molar-refractivity contribution is 5.99. The zero-order chi connectivity index (χ0) is 23.4. The van der Waals surface area contributed by atoms with Crippen LogP contribution >= 0.6 is 0 Å². The third kappa shape index (κ3) is 4.97. The molecule has 5 nitrogen and oxygen atoms in total. The van der Waals surface area contributed by atoms with Gasteiger partial charge in [-0.05, 0) is 67.4 Å². The standard InChI is InChI=1S/C28H34N2O3/c1-4-5-6-9-21-14-24-26(23-13-18(2)10-11-22(23)19(3)17-33-24)27(31)25(21)28(32)30-16-20-8-7-12-29-15-20/h7-8,12-15,22-23,31H,3-6,9-11,16-17H2,1-2H3,(H,30,32)/t22-,23+/m0/s1. The number of aryl methyl sites for hydroxylation is 1. The molecule has 1 aliphatic carbocycles. The minimum atomic E-state index is -0.262. The third-order valence-corrected chi connectivity index (χ3v) is 6.85. The Hall–Kier alpha value is -3.08. The number of fused-ring (bicyclic) bond motifs is 3. The number of rotatable bonds is 7. The molecule has 0 fully saturated rings. The second-order valence-electron chi connectivity index (χ2n) is 9.30. The van der Waals surface area contributed by atoms with E-state index in [0.717, 1.165) is 60.8 Å². The van der Waals surface area contributed by atoms with Gasteiger partial charge in [-0.3, -0.25) is 9.78 Å². The van der Waals surface area contributed by atoms with Gasteiger partial charge in [0.2, 0.25) is 0 Å². The molecule has 0 radical (unpaired) electrons. The summed E-state index contributed by atoms with van der Waals surface area (Å²) in [7, 11) is 0. The summed E-state index contributed by atoms with van der Waals surface area (Å²) in [4.78, 5) is 17.5. The molecule has 174 valence electrons. The first-order chi connectivity index (χ1) is 16.0. The molecule has 0 saturated carbocycles. The van der Waals surface area contributed by atoms with Crippen molar-refractivity contribution in [1.82, 2.24) is 10.3 Å². The van der Waals surface area contributed by atoms with Gasteiger partial charge in [-0.15, -0.1) is 0 Å². The number of carbonyl (C=O) groups excluding carboxylic acids is 1. The highest BCUT2D eigenvalue weighted by atomic mass is 16.5. The van der Waals surface area contributed by atoms with E-state index in [1.165, 1.54) is 5.57 Å². The molecule has 2 heterocycles. The molecular formula is C28H34N2O3. The Labute approximate surface area is 196 Å². The molecule has 2 aromatic rings. The summed E-state index contributed by atoms with van der Waals surface area (Å²) >= 11 is 0. The molecule has 0 bridgehead atoms. The van der Waals surface area contributed by atoms with Gasteiger partial charge in [0.15, 0.2) is 0 Å². The first-order valence-corrected chi connectivity index (χ1v) is 12.0.